The molecule has 40 heavy (non-hydrogen) atoms. The van der Waals surface area contributed by atoms with E-state index in [-0.39, 0.29) is 41.5 Å². The van der Waals surface area contributed by atoms with Gasteiger partial charge in [-0.1, -0.05) is 56.3 Å². The second-order valence-electron chi connectivity index (χ2n) is 11.8. The molecule has 0 radical (unpaired) electrons. The lowest BCUT2D eigenvalue weighted by Crippen LogP contribution is -2.60. The minimum Gasteiger partial charge on any atom is -0.394 e. The number of benzene rings is 1. The van der Waals surface area contributed by atoms with Crippen LogP contribution in [0.5, 0.6) is 0 Å². The van der Waals surface area contributed by atoms with Crippen molar-refractivity contribution < 1.29 is 19.5 Å². The predicted octanol–water partition coefficient (Wildman–Crippen LogP) is 3.77. The molecule has 8 heteroatoms. The number of aliphatic hydroxyl groups is 1. The molecule has 4 rings (SSSR count). The molecule has 3 saturated heterocycles. The van der Waals surface area contributed by atoms with Gasteiger partial charge >= 0.3 is 0 Å². The molecule has 3 unspecified atom stereocenters. The molecule has 7 nitrogen and oxygen atoms in total. The number of fused-ring (bicyclic) bond motifs is 1. The number of amides is 3. The van der Waals surface area contributed by atoms with Crippen molar-refractivity contribution in [1.82, 2.24) is 14.7 Å². The van der Waals surface area contributed by atoms with E-state index in [2.05, 4.69) is 20.1 Å². The van der Waals surface area contributed by atoms with Crippen molar-refractivity contribution in [3.63, 3.8) is 0 Å². The van der Waals surface area contributed by atoms with E-state index in [1.165, 1.54) is 0 Å². The Morgan fingerprint density at radius 2 is 1.85 bits per heavy atom. The molecule has 2 bridgehead atoms. The Morgan fingerprint density at radius 1 is 1.18 bits per heavy atom. The van der Waals surface area contributed by atoms with Crippen LogP contribution in [0.4, 0.5) is 0 Å². The van der Waals surface area contributed by atoms with Crippen LogP contribution in [0.15, 0.2) is 55.6 Å². The van der Waals surface area contributed by atoms with E-state index >= 15 is 0 Å². The van der Waals surface area contributed by atoms with E-state index < -0.39 is 28.7 Å². The van der Waals surface area contributed by atoms with Gasteiger partial charge in [-0.15, -0.1) is 24.9 Å². The van der Waals surface area contributed by atoms with Crippen LogP contribution in [0.25, 0.3) is 0 Å². The van der Waals surface area contributed by atoms with Crippen molar-refractivity contribution in [2.45, 2.75) is 75.1 Å². The number of hydrogen-bond acceptors (Lipinski definition) is 5. The van der Waals surface area contributed by atoms with Crippen molar-refractivity contribution in [1.29, 1.82) is 0 Å². The Labute approximate surface area is 243 Å². The number of rotatable bonds is 13. The van der Waals surface area contributed by atoms with Crippen molar-refractivity contribution >= 4 is 29.5 Å². The maximum Gasteiger partial charge on any atom is 0.247 e. The average molecular weight is 568 g/mol. The lowest BCUT2D eigenvalue weighted by atomic mass is 9.65. The molecule has 1 N–H and O–H groups in total. The molecule has 3 amide bonds. The normalized spacial score (nSPS) is 29.4. The first-order valence-electron chi connectivity index (χ1n) is 14.6. The zero-order valence-corrected chi connectivity index (χ0v) is 25.2. The van der Waals surface area contributed by atoms with Crippen molar-refractivity contribution in [2.24, 2.45) is 17.8 Å². The zero-order valence-electron chi connectivity index (χ0n) is 24.4. The molecule has 7 atom stereocenters. The van der Waals surface area contributed by atoms with E-state index in [9.17, 15) is 19.5 Å². The number of aliphatic hydroxyl groups excluding tert-OH is 1. The fourth-order valence-electron chi connectivity index (χ4n) is 7.33. The van der Waals surface area contributed by atoms with Gasteiger partial charge in [-0.2, -0.15) is 0 Å². The smallest absolute Gasteiger partial charge is 0.247 e. The second kappa shape index (κ2) is 12.5. The maximum atomic E-state index is 14.6. The van der Waals surface area contributed by atoms with E-state index in [1.54, 1.807) is 33.7 Å². The minimum absolute atomic E-state index is 0.0187. The number of hydrogen-bond donors (Lipinski definition) is 1. The van der Waals surface area contributed by atoms with E-state index in [4.69, 9.17) is 0 Å². The Morgan fingerprint density at radius 3 is 2.42 bits per heavy atom. The zero-order chi connectivity index (χ0) is 29.2. The van der Waals surface area contributed by atoms with Gasteiger partial charge in [-0.05, 0) is 44.6 Å². The van der Waals surface area contributed by atoms with Gasteiger partial charge < -0.3 is 19.8 Å². The van der Waals surface area contributed by atoms with Crippen LogP contribution in [-0.2, 0) is 20.8 Å². The van der Waals surface area contributed by atoms with E-state index in [0.717, 1.165) is 18.4 Å². The highest BCUT2D eigenvalue weighted by Gasteiger charge is 2.77. The number of thioether (sulfide) groups is 1. The van der Waals surface area contributed by atoms with Gasteiger partial charge in [0.05, 0.1) is 29.2 Å². The number of carbonyl (C=O) groups is 3. The van der Waals surface area contributed by atoms with Gasteiger partial charge in [-0.25, -0.2) is 0 Å². The lowest BCUT2D eigenvalue weighted by molar-refractivity contribution is -0.147. The van der Waals surface area contributed by atoms with E-state index in [1.807, 2.05) is 56.0 Å². The first-order valence-corrected chi connectivity index (χ1v) is 15.5. The molecule has 3 heterocycles. The summed E-state index contributed by atoms with van der Waals surface area (Å²) in [5.74, 6) is -1.36. The third kappa shape index (κ3) is 5.02. The molecule has 3 aliphatic heterocycles. The molecule has 218 valence electrons. The Kier molecular flexibility index (Phi) is 9.51. The fraction of sp³-hybridized carbons (Fsp3) is 0.594. The summed E-state index contributed by atoms with van der Waals surface area (Å²) in [5, 5.41) is 10.7. The molecule has 3 fully saturated rings. The summed E-state index contributed by atoms with van der Waals surface area (Å²) >= 11 is 1.68. The highest BCUT2D eigenvalue weighted by atomic mass is 32.2. The number of nitrogens with zero attached hydrogens (tertiary/aromatic N) is 3. The fourth-order valence-corrected chi connectivity index (χ4v) is 9.73. The molecular weight excluding hydrogens is 522 g/mol. The van der Waals surface area contributed by atoms with Gasteiger partial charge in [0.1, 0.15) is 6.04 Å². The van der Waals surface area contributed by atoms with Crippen molar-refractivity contribution in [3.05, 3.63) is 61.2 Å². The Hall–Kier alpha value is -2.58. The molecule has 1 aromatic rings. The summed E-state index contributed by atoms with van der Waals surface area (Å²) in [4.78, 5) is 48.6. The second-order valence-corrected chi connectivity index (χ2v) is 13.3. The molecule has 1 spiro atoms. The van der Waals surface area contributed by atoms with Crippen LogP contribution in [0.1, 0.15) is 46.1 Å². The standard InChI is InChI=1S/C32H45N3O4S/c1-7-15-33(16-8-2)29(37)26-25-18-22(6)32(40-25)27(26)30(38)35(24(20-36)19-23-13-11-10-12-14-23)28(32)31(39)34(17-9-3)21(4)5/h7,9-14,21-22,24-28,36H,1,3,8,15-20H2,2,4-6H3/t22?,24-,25+,26-,27+,28?,32?/m1/s1. The highest BCUT2D eigenvalue weighted by molar-refractivity contribution is 8.02. The van der Waals surface area contributed by atoms with Crippen LogP contribution in [0.2, 0.25) is 0 Å². The van der Waals surface area contributed by atoms with Gasteiger partial charge in [0.15, 0.2) is 0 Å². The molecule has 0 aromatic heterocycles. The summed E-state index contributed by atoms with van der Waals surface area (Å²) in [6, 6.07) is 8.32. The SMILES string of the molecule is C=CCN(CCC)C(=O)[C@@H]1[C@@H]2CC(C)C3(S2)C(C(=O)N(CC=C)C(C)C)N([C@@H](CO)Cc2ccccc2)C(=O)[C@H]13. The summed E-state index contributed by atoms with van der Waals surface area (Å²) in [5.41, 5.74) is 0.986. The lowest BCUT2D eigenvalue weighted by Gasteiger charge is -2.43. The van der Waals surface area contributed by atoms with Crippen LogP contribution in [0, 0.1) is 17.8 Å². The topological polar surface area (TPSA) is 81.2 Å². The van der Waals surface area contributed by atoms with Crippen LogP contribution < -0.4 is 0 Å². The van der Waals surface area contributed by atoms with E-state index in [0.29, 0.717) is 26.1 Å². The van der Waals surface area contributed by atoms with Gasteiger partial charge in [-0.3, -0.25) is 14.4 Å². The maximum absolute atomic E-state index is 14.6. The Balaban J connectivity index is 1.83. The van der Waals surface area contributed by atoms with Crippen LogP contribution in [-0.4, -0.2) is 91.9 Å². The first kappa shape index (κ1) is 30.4. The third-order valence-electron chi connectivity index (χ3n) is 9.01. The van der Waals surface area contributed by atoms with Gasteiger partial charge in [0.2, 0.25) is 17.7 Å². The molecule has 1 aromatic carbocycles. The Bertz CT molecular complexity index is 1110. The van der Waals surface area contributed by atoms with Crippen molar-refractivity contribution in [2.75, 3.05) is 26.2 Å². The quantitative estimate of drug-likeness (QED) is 0.367. The van der Waals surface area contributed by atoms with Gasteiger partial charge in [0.25, 0.3) is 0 Å². The third-order valence-corrected chi connectivity index (χ3v) is 11.1. The minimum atomic E-state index is -0.768. The summed E-state index contributed by atoms with van der Waals surface area (Å²) in [6.07, 6.45) is 5.47. The number of carbonyl (C=O) groups excluding carboxylic acids is 3. The first-order chi connectivity index (χ1) is 19.2. The molecule has 3 aliphatic rings. The van der Waals surface area contributed by atoms with Crippen molar-refractivity contribution in [3.8, 4) is 0 Å². The van der Waals surface area contributed by atoms with Gasteiger partial charge in [0, 0.05) is 30.9 Å². The summed E-state index contributed by atoms with van der Waals surface area (Å²) in [7, 11) is 0. The number of likely N-dealkylation sites (tertiary alicyclic amines) is 1. The highest BCUT2D eigenvalue weighted by Crippen LogP contribution is 2.69. The molecule has 0 aliphatic carbocycles. The average Bonchev–Trinajstić information content (AvgIpc) is 3.53. The molecular formula is C32H45N3O4S. The largest absolute Gasteiger partial charge is 0.394 e. The summed E-state index contributed by atoms with van der Waals surface area (Å²) in [6.45, 7) is 17.0. The van der Waals surface area contributed by atoms with Crippen LogP contribution >= 0.6 is 11.8 Å². The molecule has 0 saturated carbocycles. The monoisotopic (exact) mass is 567 g/mol. The summed E-state index contributed by atoms with van der Waals surface area (Å²) < 4.78 is -0.732. The predicted molar refractivity (Wildman–Crippen MR) is 161 cm³/mol. The van der Waals surface area contributed by atoms with Crippen LogP contribution in [0.3, 0.4) is 0 Å².